The molecular formula is C4H9BaN. The van der Waals surface area contributed by atoms with Crippen molar-refractivity contribution >= 4 is 48.9 Å². The van der Waals surface area contributed by atoms with Gasteiger partial charge in [0, 0.05) is 0 Å². The van der Waals surface area contributed by atoms with E-state index in [0.717, 1.165) is 12.8 Å². The van der Waals surface area contributed by atoms with E-state index in [2.05, 4.69) is 6.92 Å². The summed E-state index contributed by atoms with van der Waals surface area (Å²) in [5.41, 5.74) is 6.56. The molecule has 0 aliphatic rings. The number of hydrogen-bond donors (Lipinski definition) is 0. The predicted molar refractivity (Wildman–Crippen MR) is 29.5 cm³/mol. The zero-order valence-corrected chi connectivity index (χ0v) is 8.48. The first-order valence-corrected chi connectivity index (χ1v) is 1.85. The first-order valence-electron chi connectivity index (χ1n) is 1.85. The van der Waals surface area contributed by atoms with Gasteiger partial charge < -0.3 is 12.7 Å². The molecule has 0 radical (unpaired) electrons. The molecule has 0 amide bonds. The predicted octanol–water partition coefficient (Wildman–Crippen LogP) is 1.27. The maximum atomic E-state index is 6.56. The number of unbranched alkanes of at least 4 members (excludes halogenated alkanes) is 1. The average molecular weight is 208 g/mol. The van der Waals surface area contributed by atoms with E-state index in [0.29, 0.717) is 6.54 Å². The van der Waals surface area contributed by atoms with E-state index in [1.54, 1.807) is 0 Å². The van der Waals surface area contributed by atoms with Crippen LogP contribution in [0, 0.1) is 6.92 Å². The van der Waals surface area contributed by atoms with Crippen LogP contribution in [-0.2, 0) is 0 Å². The van der Waals surface area contributed by atoms with E-state index in [-0.39, 0.29) is 48.9 Å². The Balaban J connectivity index is 0. The summed E-state index contributed by atoms with van der Waals surface area (Å²) < 4.78 is 0. The first-order chi connectivity index (χ1) is 2.41. The SMILES string of the molecule is [Ba+2].[CH2-]CCC[NH-]. The number of rotatable bonds is 2. The van der Waals surface area contributed by atoms with E-state index < -0.39 is 0 Å². The van der Waals surface area contributed by atoms with Crippen LogP contribution in [0.5, 0.6) is 0 Å². The van der Waals surface area contributed by atoms with Crippen LogP contribution in [-0.4, -0.2) is 55.4 Å². The molecule has 0 aromatic rings. The van der Waals surface area contributed by atoms with E-state index >= 15 is 0 Å². The van der Waals surface area contributed by atoms with Crippen molar-refractivity contribution < 1.29 is 0 Å². The van der Waals surface area contributed by atoms with Crippen molar-refractivity contribution in [1.29, 1.82) is 0 Å². The molecule has 0 aromatic carbocycles. The van der Waals surface area contributed by atoms with Gasteiger partial charge in [0.1, 0.15) is 0 Å². The zero-order chi connectivity index (χ0) is 4.12. The van der Waals surface area contributed by atoms with Crippen LogP contribution in [0.15, 0.2) is 0 Å². The van der Waals surface area contributed by atoms with Crippen molar-refractivity contribution in [3.8, 4) is 0 Å². The van der Waals surface area contributed by atoms with Gasteiger partial charge in [-0.15, -0.1) is 0 Å². The molecule has 0 bridgehead atoms. The molecule has 0 atom stereocenters. The van der Waals surface area contributed by atoms with Crippen molar-refractivity contribution in [2.75, 3.05) is 6.54 Å². The fourth-order valence-electron chi connectivity index (χ4n) is 0.125. The van der Waals surface area contributed by atoms with Crippen LogP contribution in [0.4, 0.5) is 0 Å². The van der Waals surface area contributed by atoms with E-state index in [1.807, 2.05) is 0 Å². The Bertz CT molecular complexity index is 15.0. The summed E-state index contributed by atoms with van der Waals surface area (Å²) in [5.74, 6) is 0. The fraction of sp³-hybridized carbons (Fsp3) is 0.750. The monoisotopic (exact) mass is 209 g/mol. The van der Waals surface area contributed by atoms with E-state index in [1.165, 1.54) is 0 Å². The van der Waals surface area contributed by atoms with E-state index in [9.17, 15) is 0 Å². The summed E-state index contributed by atoms with van der Waals surface area (Å²) in [6.07, 6.45) is 1.85. The number of nitrogens with one attached hydrogen (secondary N) is 1. The third-order valence-electron chi connectivity index (χ3n) is 0.427. The Kier molecular flexibility index (Phi) is 17.0. The molecule has 0 heterocycles. The zero-order valence-electron chi connectivity index (χ0n) is 4.04. The second kappa shape index (κ2) is 9.73. The third-order valence-corrected chi connectivity index (χ3v) is 0.427. The summed E-state index contributed by atoms with van der Waals surface area (Å²) in [5, 5.41) is 0. The van der Waals surface area contributed by atoms with Gasteiger partial charge >= 0.3 is 48.9 Å². The standard InChI is InChI=1S/C4H9N.Ba/c1-2-3-4-5;/h5H,1-4H2;/q-2;+2. The van der Waals surface area contributed by atoms with Crippen LogP contribution in [0.2, 0.25) is 0 Å². The summed E-state index contributed by atoms with van der Waals surface area (Å²) in [4.78, 5) is 0. The third kappa shape index (κ3) is 9.11. The van der Waals surface area contributed by atoms with Gasteiger partial charge in [0.05, 0.1) is 0 Å². The number of hydrogen-bond acceptors (Lipinski definition) is 0. The van der Waals surface area contributed by atoms with Gasteiger partial charge in [-0.1, -0.05) is 6.42 Å². The smallest absolute Gasteiger partial charge is 0.677 e. The van der Waals surface area contributed by atoms with Crippen LogP contribution < -0.4 is 0 Å². The Hall–Kier alpha value is 1.53. The van der Waals surface area contributed by atoms with Crippen LogP contribution in [0.3, 0.4) is 0 Å². The minimum Gasteiger partial charge on any atom is -0.677 e. The second-order valence-corrected chi connectivity index (χ2v) is 0.957. The van der Waals surface area contributed by atoms with Crippen molar-refractivity contribution in [3.05, 3.63) is 12.7 Å². The average Bonchev–Trinajstić information content (AvgIpc) is 1.41. The van der Waals surface area contributed by atoms with Crippen molar-refractivity contribution in [2.45, 2.75) is 12.8 Å². The molecule has 0 aliphatic carbocycles. The Labute approximate surface area is 79.8 Å². The molecule has 0 unspecified atom stereocenters. The Morgan fingerprint density at radius 1 is 1.50 bits per heavy atom. The summed E-state index contributed by atoms with van der Waals surface area (Å²) >= 11 is 0. The molecular weight excluding hydrogens is 199 g/mol. The molecule has 2 heteroatoms. The summed E-state index contributed by atoms with van der Waals surface area (Å²) in [7, 11) is 0. The van der Waals surface area contributed by atoms with Gasteiger partial charge in [0.15, 0.2) is 0 Å². The topological polar surface area (TPSA) is 23.8 Å². The molecule has 0 aliphatic heterocycles. The van der Waals surface area contributed by atoms with Gasteiger partial charge in [0.2, 0.25) is 0 Å². The minimum absolute atomic E-state index is 0. The van der Waals surface area contributed by atoms with Crippen LogP contribution in [0.1, 0.15) is 12.8 Å². The molecule has 32 valence electrons. The molecule has 0 spiro atoms. The largest absolute Gasteiger partial charge is 2.00 e. The molecule has 0 saturated heterocycles. The normalized spacial score (nSPS) is 7.00. The fourth-order valence-corrected chi connectivity index (χ4v) is 0.125. The molecule has 0 aromatic heterocycles. The minimum atomic E-state index is 0. The van der Waals surface area contributed by atoms with Crippen molar-refractivity contribution in [1.82, 2.24) is 0 Å². The van der Waals surface area contributed by atoms with Gasteiger partial charge in [-0.3, -0.25) is 0 Å². The van der Waals surface area contributed by atoms with Crippen LogP contribution in [0.25, 0.3) is 5.73 Å². The molecule has 0 rings (SSSR count). The molecule has 0 fully saturated rings. The summed E-state index contributed by atoms with van der Waals surface area (Å²) in [6.45, 7) is 4.09. The maximum absolute atomic E-state index is 6.56. The first kappa shape index (κ1) is 10.5. The van der Waals surface area contributed by atoms with Gasteiger partial charge in [-0.25, -0.2) is 0 Å². The van der Waals surface area contributed by atoms with Gasteiger partial charge in [0.25, 0.3) is 0 Å². The van der Waals surface area contributed by atoms with Crippen LogP contribution >= 0.6 is 0 Å². The Morgan fingerprint density at radius 2 is 2.00 bits per heavy atom. The molecule has 1 N–H and O–H groups in total. The summed E-state index contributed by atoms with van der Waals surface area (Å²) in [6, 6.07) is 0. The Morgan fingerprint density at radius 3 is 2.00 bits per heavy atom. The van der Waals surface area contributed by atoms with Crippen molar-refractivity contribution in [3.63, 3.8) is 0 Å². The molecule has 1 nitrogen and oxygen atoms in total. The molecule has 0 saturated carbocycles. The molecule has 6 heavy (non-hydrogen) atoms. The van der Waals surface area contributed by atoms with Crippen molar-refractivity contribution in [2.24, 2.45) is 0 Å². The quantitative estimate of drug-likeness (QED) is 0.482. The van der Waals surface area contributed by atoms with Gasteiger partial charge in [-0.05, 0) is 0 Å². The van der Waals surface area contributed by atoms with E-state index in [4.69, 9.17) is 5.73 Å². The maximum Gasteiger partial charge on any atom is 2.00 e. The van der Waals surface area contributed by atoms with Gasteiger partial charge in [-0.2, -0.15) is 13.0 Å². The second-order valence-electron chi connectivity index (χ2n) is 0.957.